The highest BCUT2D eigenvalue weighted by Crippen LogP contribution is 2.34. The third-order valence-electron chi connectivity index (χ3n) is 2.71. The number of hydrogen-bond donors (Lipinski definition) is 2. The molecule has 0 heterocycles. The van der Waals surface area contributed by atoms with E-state index in [9.17, 15) is 9.59 Å². The van der Waals surface area contributed by atoms with Crippen LogP contribution in [0.15, 0.2) is 11.6 Å². The van der Waals surface area contributed by atoms with Crippen molar-refractivity contribution < 1.29 is 14.7 Å². The molecule has 0 aliphatic heterocycles. The number of hydrogen-bond acceptors (Lipinski definition) is 2. The third-order valence-corrected chi connectivity index (χ3v) is 2.71. The molecule has 15 heavy (non-hydrogen) atoms. The van der Waals surface area contributed by atoms with Crippen molar-refractivity contribution in [2.24, 2.45) is 11.8 Å². The molecule has 1 aliphatic carbocycles. The molecule has 1 fully saturated rings. The molecule has 2 atom stereocenters. The van der Waals surface area contributed by atoms with Gasteiger partial charge in [0, 0.05) is 6.54 Å². The van der Waals surface area contributed by atoms with Crippen molar-refractivity contribution >= 4 is 11.9 Å². The van der Waals surface area contributed by atoms with Crippen LogP contribution in [-0.2, 0) is 9.59 Å². The molecule has 0 spiro atoms. The van der Waals surface area contributed by atoms with E-state index in [1.54, 1.807) is 0 Å². The van der Waals surface area contributed by atoms with E-state index in [1.165, 1.54) is 0 Å². The van der Waals surface area contributed by atoms with Crippen LogP contribution in [0.2, 0.25) is 0 Å². The van der Waals surface area contributed by atoms with Gasteiger partial charge in [-0.2, -0.15) is 0 Å². The molecule has 0 bridgehead atoms. The summed E-state index contributed by atoms with van der Waals surface area (Å²) < 4.78 is 0. The van der Waals surface area contributed by atoms with E-state index in [2.05, 4.69) is 5.32 Å². The highest BCUT2D eigenvalue weighted by atomic mass is 16.4. The molecule has 2 N–H and O–H groups in total. The van der Waals surface area contributed by atoms with Crippen LogP contribution in [0.1, 0.15) is 26.7 Å². The summed E-state index contributed by atoms with van der Waals surface area (Å²) >= 11 is 0. The predicted octanol–water partition coefficient (Wildman–Crippen LogP) is 1.18. The number of allylic oxidation sites excluding steroid dienone is 1. The first kappa shape index (κ1) is 11.8. The average Bonchev–Trinajstić information content (AvgIpc) is 1.99. The first-order chi connectivity index (χ1) is 7.02. The highest BCUT2D eigenvalue weighted by molar-refractivity contribution is 5.86. The first-order valence-electron chi connectivity index (χ1n) is 5.16. The zero-order valence-electron chi connectivity index (χ0n) is 9.12. The Morgan fingerprint density at radius 1 is 1.33 bits per heavy atom. The monoisotopic (exact) mass is 211 g/mol. The smallest absolute Gasteiger partial charge is 0.307 e. The number of carbonyl (C=O) groups excluding carboxylic acids is 1. The summed E-state index contributed by atoms with van der Waals surface area (Å²) in [5.74, 6) is -1.79. The Labute approximate surface area is 89.4 Å². The van der Waals surface area contributed by atoms with E-state index >= 15 is 0 Å². The van der Waals surface area contributed by atoms with Gasteiger partial charge < -0.3 is 10.4 Å². The maximum Gasteiger partial charge on any atom is 0.307 e. The van der Waals surface area contributed by atoms with Crippen LogP contribution in [0.3, 0.4) is 0 Å². The number of amides is 1. The predicted molar refractivity (Wildman–Crippen MR) is 56.3 cm³/mol. The number of carboxylic acid groups (broad SMARTS) is 1. The molecule has 1 amide bonds. The maximum absolute atomic E-state index is 11.5. The Bertz CT molecular complexity index is 292. The molecule has 0 aromatic heterocycles. The molecule has 1 rings (SSSR count). The van der Waals surface area contributed by atoms with Gasteiger partial charge in [-0.1, -0.05) is 11.6 Å². The summed E-state index contributed by atoms with van der Waals surface area (Å²) in [6.45, 7) is 4.40. The van der Waals surface area contributed by atoms with Crippen LogP contribution < -0.4 is 5.32 Å². The molecular weight excluding hydrogens is 194 g/mol. The summed E-state index contributed by atoms with van der Waals surface area (Å²) in [6.07, 6.45) is 3.22. The van der Waals surface area contributed by atoms with Crippen LogP contribution in [-0.4, -0.2) is 23.5 Å². The van der Waals surface area contributed by atoms with E-state index in [0.29, 0.717) is 19.4 Å². The van der Waals surface area contributed by atoms with Gasteiger partial charge in [-0.25, -0.2) is 0 Å². The van der Waals surface area contributed by atoms with Crippen molar-refractivity contribution in [2.45, 2.75) is 26.7 Å². The molecule has 1 saturated carbocycles. The Morgan fingerprint density at radius 2 is 1.93 bits per heavy atom. The molecule has 4 nitrogen and oxygen atoms in total. The van der Waals surface area contributed by atoms with Crippen LogP contribution in [0.4, 0.5) is 0 Å². The van der Waals surface area contributed by atoms with Gasteiger partial charge in [0.15, 0.2) is 0 Å². The first-order valence-corrected chi connectivity index (χ1v) is 5.16. The van der Waals surface area contributed by atoms with Crippen molar-refractivity contribution in [1.82, 2.24) is 5.32 Å². The fraction of sp³-hybridized carbons (Fsp3) is 0.636. The number of nitrogens with one attached hydrogen (secondary N) is 1. The molecule has 84 valence electrons. The van der Waals surface area contributed by atoms with E-state index in [-0.39, 0.29) is 11.8 Å². The number of aliphatic carboxylic acids is 1. The van der Waals surface area contributed by atoms with E-state index in [0.717, 1.165) is 5.57 Å². The van der Waals surface area contributed by atoms with Gasteiger partial charge in [-0.15, -0.1) is 0 Å². The second-order valence-electron chi connectivity index (χ2n) is 4.16. The highest BCUT2D eigenvalue weighted by Gasteiger charge is 2.41. The van der Waals surface area contributed by atoms with Gasteiger partial charge in [0.1, 0.15) is 0 Å². The van der Waals surface area contributed by atoms with Crippen molar-refractivity contribution in [1.29, 1.82) is 0 Å². The summed E-state index contributed by atoms with van der Waals surface area (Å²) in [5.41, 5.74) is 1.14. The van der Waals surface area contributed by atoms with Gasteiger partial charge in [0.05, 0.1) is 11.8 Å². The Kier molecular flexibility index (Phi) is 3.88. The molecular formula is C11H17NO3. The topological polar surface area (TPSA) is 66.4 Å². The number of carboxylic acids is 1. The zero-order valence-corrected chi connectivity index (χ0v) is 9.12. The van der Waals surface area contributed by atoms with Crippen molar-refractivity contribution in [2.75, 3.05) is 6.54 Å². The standard InChI is InChI=1S/C11H17NO3/c1-7(2)5-6-12-10(13)8-3-4-9(8)11(14)15/h5,8-9H,3-4,6H2,1-2H3,(H,12,13)(H,14,15). The zero-order chi connectivity index (χ0) is 11.4. The minimum atomic E-state index is -0.858. The average molecular weight is 211 g/mol. The van der Waals surface area contributed by atoms with E-state index in [1.807, 2.05) is 19.9 Å². The normalized spacial score (nSPS) is 23.9. The summed E-state index contributed by atoms with van der Waals surface area (Å²) in [6, 6.07) is 0. The lowest BCUT2D eigenvalue weighted by molar-refractivity contribution is -0.152. The lowest BCUT2D eigenvalue weighted by Gasteiger charge is -2.31. The summed E-state index contributed by atoms with van der Waals surface area (Å²) in [5, 5.41) is 11.5. The van der Waals surface area contributed by atoms with Crippen molar-refractivity contribution in [3.63, 3.8) is 0 Å². The Balaban J connectivity index is 2.35. The van der Waals surface area contributed by atoms with Crippen LogP contribution in [0.25, 0.3) is 0 Å². The molecule has 0 aromatic rings. The van der Waals surface area contributed by atoms with Crippen LogP contribution >= 0.6 is 0 Å². The largest absolute Gasteiger partial charge is 0.481 e. The van der Waals surface area contributed by atoms with Gasteiger partial charge >= 0.3 is 5.97 Å². The SMILES string of the molecule is CC(C)=CCNC(=O)C1CCC1C(=O)O. The quantitative estimate of drug-likeness (QED) is 0.686. The molecule has 2 unspecified atom stereocenters. The minimum absolute atomic E-state index is 0.133. The lowest BCUT2D eigenvalue weighted by atomic mass is 9.73. The van der Waals surface area contributed by atoms with Gasteiger partial charge in [-0.3, -0.25) is 9.59 Å². The number of rotatable bonds is 4. The second-order valence-corrected chi connectivity index (χ2v) is 4.16. The fourth-order valence-corrected chi connectivity index (χ4v) is 1.60. The molecule has 1 aliphatic rings. The number of carbonyl (C=O) groups is 2. The van der Waals surface area contributed by atoms with Crippen molar-refractivity contribution in [3.8, 4) is 0 Å². The molecule has 0 aromatic carbocycles. The molecule has 0 saturated heterocycles. The third kappa shape index (κ3) is 3.08. The van der Waals surface area contributed by atoms with Gasteiger partial charge in [0.2, 0.25) is 5.91 Å². The van der Waals surface area contributed by atoms with Crippen LogP contribution in [0, 0.1) is 11.8 Å². The Hall–Kier alpha value is -1.32. The fourth-order valence-electron chi connectivity index (χ4n) is 1.60. The minimum Gasteiger partial charge on any atom is -0.481 e. The lowest BCUT2D eigenvalue weighted by Crippen LogP contribution is -2.44. The second kappa shape index (κ2) is 4.96. The van der Waals surface area contributed by atoms with E-state index < -0.39 is 11.9 Å². The molecule has 0 radical (unpaired) electrons. The Morgan fingerprint density at radius 3 is 2.33 bits per heavy atom. The van der Waals surface area contributed by atoms with Crippen molar-refractivity contribution in [3.05, 3.63) is 11.6 Å². The van der Waals surface area contributed by atoms with E-state index in [4.69, 9.17) is 5.11 Å². The molecule has 4 heteroatoms. The van der Waals surface area contributed by atoms with Gasteiger partial charge in [0.25, 0.3) is 0 Å². The van der Waals surface area contributed by atoms with Gasteiger partial charge in [-0.05, 0) is 26.7 Å². The van der Waals surface area contributed by atoms with Crippen LogP contribution in [0.5, 0.6) is 0 Å². The maximum atomic E-state index is 11.5. The summed E-state index contributed by atoms with van der Waals surface area (Å²) in [7, 11) is 0. The summed E-state index contributed by atoms with van der Waals surface area (Å²) in [4.78, 5) is 22.2.